The summed E-state index contributed by atoms with van der Waals surface area (Å²) in [6.45, 7) is 0.616. The van der Waals surface area contributed by atoms with Crippen molar-refractivity contribution in [2.45, 2.75) is 11.4 Å². The lowest BCUT2D eigenvalue weighted by Crippen LogP contribution is -2.12. The van der Waals surface area contributed by atoms with Crippen molar-refractivity contribution in [3.63, 3.8) is 0 Å². The highest BCUT2D eigenvalue weighted by molar-refractivity contribution is 7.89. The Kier molecular flexibility index (Phi) is 3.35. The standard InChI is InChI=1S/C11H14N4O2S/c1-15-10(6-7-14-15)8-13-9-2-4-11(5-3-9)18(12,16)17/h2-7,13H,8H2,1H3,(H2,12,16,17). The monoisotopic (exact) mass is 266 g/mol. The summed E-state index contributed by atoms with van der Waals surface area (Å²) >= 11 is 0. The molecule has 0 spiro atoms. The van der Waals surface area contributed by atoms with Crippen LogP contribution in [0.15, 0.2) is 41.4 Å². The lowest BCUT2D eigenvalue weighted by Gasteiger charge is -2.07. The number of primary sulfonamides is 1. The summed E-state index contributed by atoms with van der Waals surface area (Å²) in [6, 6.07) is 8.21. The van der Waals surface area contributed by atoms with Gasteiger partial charge in [0, 0.05) is 18.9 Å². The van der Waals surface area contributed by atoms with Gasteiger partial charge in [-0.1, -0.05) is 0 Å². The first-order valence-electron chi connectivity index (χ1n) is 5.30. The van der Waals surface area contributed by atoms with Crippen molar-refractivity contribution in [1.82, 2.24) is 9.78 Å². The fourth-order valence-corrected chi connectivity index (χ4v) is 2.05. The Labute approximate surface area is 105 Å². The molecule has 0 aliphatic carbocycles. The molecule has 0 aliphatic rings. The average Bonchev–Trinajstić information content (AvgIpc) is 2.72. The number of nitrogens with one attached hydrogen (secondary N) is 1. The predicted octanol–water partition coefficient (Wildman–Crippen LogP) is 0.680. The van der Waals surface area contributed by atoms with Gasteiger partial charge in [-0.2, -0.15) is 5.10 Å². The van der Waals surface area contributed by atoms with Crippen molar-refractivity contribution in [2.75, 3.05) is 5.32 Å². The molecule has 0 unspecified atom stereocenters. The van der Waals surface area contributed by atoms with Crippen molar-refractivity contribution >= 4 is 15.7 Å². The highest BCUT2D eigenvalue weighted by Crippen LogP contribution is 2.13. The number of nitrogens with zero attached hydrogens (tertiary/aromatic N) is 2. The van der Waals surface area contributed by atoms with Crippen molar-refractivity contribution < 1.29 is 8.42 Å². The molecule has 0 aliphatic heterocycles. The minimum absolute atomic E-state index is 0.105. The number of hydrogen-bond donors (Lipinski definition) is 2. The third kappa shape index (κ3) is 2.88. The van der Waals surface area contributed by atoms with Crippen molar-refractivity contribution in [2.24, 2.45) is 12.2 Å². The Morgan fingerprint density at radius 3 is 2.44 bits per heavy atom. The van der Waals surface area contributed by atoms with Crippen LogP contribution in [0.4, 0.5) is 5.69 Å². The predicted molar refractivity (Wildman–Crippen MR) is 68.3 cm³/mol. The van der Waals surface area contributed by atoms with Gasteiger partial charge < -0.3 is 5.32 Å². The van der Waals surface area contributed by atoms with Crippen LogP contribution >= 0.6 is 0 Å². The lowest BCUT2D eigenvalue weighted by atomic mass is 10.3. The van der Waals surface area contributed by atoms with E-state index in [0.29, 0.717) is 6.54 Å². The fraction of sp³-hybridized carbons (Fsp3) is 0.182. The maximum atomic E-state index is 11.1. The van der Waals surface area contributed by atoms with Crippen LogP contribution in [0.5, 0.6) is 0 Å². The van der Waals surface area contributed by atoms with Crippen LogP contribution in [0.1, 0.15) is 5.69 Å². The highest BCUT2D eigenvalue weighted by atomic mass is 32.2. The minimum atomic E-state index is -3.63. The number of aryl methyl sites for hydroxylation is 1. The van der Waals surface area contributed by atoms with Crippen LogP contribution in [0.25, 0.3) is 0 Å². The van der Waals surface area contributed by atoms with Crippen LogP contribution in [-0.4, -0.2) is 18.2 Å². The first kappa shape index (κ1) is 12.6. The number of anilines is 1. The Hall–Kier alpha value is -1.86. The van der Waals surface area contributed by atoms with Gasteiger partial charge in [-0.05, 0) is 30.3 Å². The Morgan fingerprint density at radius 2 is 1.94 bits per heavy atom. The summed E-state index contributed by atoms with van der Waals surface area (Å²) < 4.78 is 23.9. The normalized spacial score (nSPS) is 11.4. The van der Waals surface area contributed by atoms with E-state index in [1.165, 1.54) is 12.1 Å². The van der Waals surface area contributed by atoms with Gasteiger partial charge in [0.1, 0.15) is 0 Å². The molecular formula is C11H14N4O2S. The third-order valence-corrected chi connectivity index (χ3v) is 3.51. The molecule has 1 aromatic carbocycles. The SMILES string of the molecule is Cn1nccc1CNc1ccc(S(N)(=O)=O)cc1. The molecule has 0 radical (unpaired) electrons. The first-order chi connectivity index (χ1) is 8.47. The molecule has 2 aromatic rings. The Balaban J connectivity index is 2.05. The molecule has 2 rings (SSSR count). The van der Waals surface area contributed by atoms with E-state index in [1.54, 1.807) is 23.0 Å². The zero-order valence-electron chi connectivity index (χ0n) is 9.87. The molecule has 0 fully saturated rings. The maximum absolute atomic E-state index is 11.1. The number of nitrogens with two attached hydrogens (primary N) is 1. The molecule has 0 amide bonds. The van der Waals surface area contributed by atoms with Gasteiger partial charge in [0.15, 0.2) is 0 Å². The quantitative estimate of drug-likeness (QED) is 0.851. The summed E-state index contributed by atoms with van der Waals surface area (Å²) in [5.41, 5.74) is 1.86. The Morgan fingerprint density at radius 1 is 1.28 bits per heavy atom. The smallest absolute Gasteiger partial charge is 0.238 e. The van der Waals surface area contributed by atoms with E-state index in [9.17, 15) is 8.42 Å². The van der Waals surface area contributed by atoms with Crippen LogP contribution in [0.2, 0.25) is 0 Å². The van der Waals surface area contributed by atoms with E-state index in [-0.39, 0.29) is 4.90 Å². The summed E-state index contributed by atoms with van der Waals surface area (Å²) in [5, 5.41) is 12.2. The Bertz CT molecular complexity index is 631. The molecule has 18 heavy (non-hydrogen) atoms. The second-order valence-electron chi connectivity index (χ2n) is 3.87. The van der Waals surface area contributed by atoms with E-state index in [4.69, 9.17) is 5.14 Å². The van der Waals surface area contributed by atoms with Gasteiger partial charge in [0.05, 0.1) is 17.1 Å². The zero-order chi connectivity index (χ0) is 13.2. The molecule has 96 valence electrons. The number of aromatic nitrogens is 2. The second-order valence-corrected chi connectivity index (χ2v) is 5.43. The van der Waals surface area contributed by atoms with E-state index >= 15 is 0 Å². The molecule has 1 heterocycles. The molecule has 1 aromatic heterocycles. The summed E-state index contributed by atoms with van der Waals surface area (Å²) in [4.78, 5) is 0.105. The molecule has 0 saturated carbocycles. The largest absolute Gasteiger partial charge is 0.379 e. The number of hydrogen-bond acceptors (Lipinski definition) is 4. The topological polar surface area (TPSA) is 90.0 Å². The fourth-order valence-electron chi connectivity index (χ4n) is 1.53. The van der Waals surface area contributed by atoms with Crippen LogP contribution in [-0.2, 0) is 23.6 Å². The first-order valence-corrected chi connectivity index (χ1v) is 6.85. The average molecular weight is 266 g/mol. The maximum Gasteiger partial charge on any atom is 0.238 e. The van der Waals surface area contributed by atoms with Crippen molar-refractivity contribution in [3.05, 3.63) is 42.2 Å². The van der Waals surface area contributed by atoms with Gasteiger partial charge >= 0.3 is 0 Å². The van der Waals surface area contributed by atoms with E-state index < -0.39 is 10.0 Å². The number of sulfonamides is 1. The number of benzene rings is 1. The van der Waals surface area contributed by atoms with Crippen LogP contribution in [0.3, 0.4) is 0 Å². The van der Waals surface area contributed by atoms with Crippen molar-refractivity contribution in [1.29, 1.82) is 0 Å². The minimum Gasteiger partial charge on any atom is -0.379 e. The molecular weight excluding hydrogens is 252 g/mol. The van der Waals surface area contributed by atoms with Gasteiger partial charge in [0.25, 0.3) is 0 Å². The third-order valence-electron chi connectivity index (χ3n) is 2.58. The lowest BCUT2D eigenvalue weighted by molar-refractivity contribution is 0.598. The van der Waals surface area contributed by atoms with E-state index in [2.05, 4.69) is 10.4 Å². The molecule has 7 heteroatoms. The molecule has 6 nitrogen and oxygen atoms in total. The molecule has 3 N–H and O–H groups in total. The summed E-state index contributed by atoms with van der Waals surface area (Å²) in [7, 11) is -1.76. The van der Waals surface area contributed by atoms with Gasteiger partial charge in [-0.15, -0.1) is 0 Å². The molecule has 0 atom stereocenters. The van der Waals surface area contributed by atoms with Crippen molar-refractivity contribution in [3.8, 4) is 0 Å². The van der Waals surface area contributed by atoms with E-state index in [0.717, 1.165) is 11.4 Å². The molecule has 0 bridgehead atoms. The van der Waals surface area contributed by atoms with Gasteiger partial charge in [0.2, 0.25) is 10.0 Å². The van der Waals surface area contributed by atoms with E-state index in [1.807, 2.05) is 13.1 Å². The highest BCUT2D eigenvalue weighted by Gasteiger charge is 2.06. The van der Waals surface area contributed by atoms with Gasteiger partial charge in [-0.3, -0.25) is 4.68 Å². The number of rotatable bonds is 4. The zero-order valence-corrected chi connectivity index (χ0v) is 10.7. The van der Waals surface area contributed by atoms with Crippen LogP contribution < -0.4 is 10.5 Å². The summed E-state index contributed by atoms with van der Waals surface area (Å²) in [5.74, 6) is 0. The van der Waals surface area contributed by atoms with Gasteiger partial charge in [-0.25, -0.2) is 13.6 Å². The van der Waals surface area contributed by atoms with Crippen LogP contribution in [0, 0.1) is 0 Å². The second kappa shape index (κ2) is 4.79. The molecule has 0 saturated heterocycles. The summed E-state index contributed by atoms with van der Waals surface area (Å²) in [6.07, 6.45) is 1.72.